The molecule has 4 aliphatic carbocycles. The van der Waals surface area contributed by atoms with Crippen LogP contribution in [0.5, 0.6) is 0 Å². The van der Waals surface area contributed by atoms with Crippen molar-refractivity contribution in [2.75, 3.05) is 0 Å². The average molecular weight is 443 g/mol. The second kappa shape index (κ2) is 7.54. The van der Waals surface area contributed by atoms with Crippen LogP contribution in [0.2, 0.25) is 0 Å². The van der Waals surface area contributed by atoms with E-state index in [2.05, 4.69) is 46.8 Å². The van der Waals surface area contributed by atoms with E-state index in [1.54, 1.807) is 6.92 Å². The Balaban J connectivity index is 1.63. The van der Waals surface area contributed by atoms with Gasteiger partial charge in [0.15, 0.2) is 5.78 Å². The molecule has 0 bridgehead atoms. The van der Waals surface area contributed by atoms with E-state index in [0.717, 1.165) is 38.5 Å². The van der Waals surface area contributed by atoms with E-state index in [0.29, 0.717) is 18.3 Å². The van der Waals surface area contributed by atoms with Gasteiger partial charge in [0.25, 0.3) is 0 Å². The van der Waals surface area contributed by atoms with E-state index in [1.807, 2.05) is 0 Å². The summed E-state index contributed by atoms with van der Waals surface area (Å²) in [5.41, 5.74) is 2.39. The first-order chi connectivity index (χ1) is 14.7. The third-order valence-corrected chi connectivity index (χ3v) is 11.5. The largest absolute Gasteiger partial charge is 0.393 e. The summed E-state index contributed by atoms with van der Waals surface area (Å²) in [4.78, 5) is 11.7. The molecule has 2 saturated carbocycles. The number of rotatable bonds is 4. The number of fused-ring (bicyclic) bond motifs is 5. The lowest BCUT2D eigenvalue weighted by molar-refractivity contribution is -0.194. The molecule has 4 rings (SSSR count). The Hall–Kier alpha value is -0.930. The maximum atomic E-state index is 11.7. The Morgan fingerprint density at radius 1 is 1.09 bits per heavy atom. The first-order valence-corrected chi connectivity index (χ1v) is 13.0. The molecule has 0 aromatic rings. The van der Waals surface area contributed by atoms with Crippen molar-refractivity contribution < 1.29 is 15.0 Å². The second-order valence-electron chi connectivity index (χ2n) is 13.3. The summed E-state index contributed by atoms with van der Waals surface area (Å²) < 4.78 is 0. The van der Waals surface area contributed by atoms with Crippen LogP contribution >= 0.6 is 0 Å². The number of carbonyl (C=O) groups is 1. The van der Waals surface area contributed by atoms with E-state index in [9.17, 15) is 15.0 Å². The van der Waals surface area contributed by atoms with Crippen LogP contribution in [0, 0.1) is 33.5 Å². The van der Waals surface area contributed by atoms with E-state index in [4.69, 9.17) is 0 Å². The zero-order chi connectivity index (χ0) is 23.7. The molecule has 2 fully saturated rings. The fraction of sp³-hybridized carbons (Fsp3) is 0.828. The molecule has 2 N–H and O–H groups in total. The Morgan fingerprint density at radius 2 is 1.78 bits per heavy atom. The molecule has 3 heteroatoms. The lowest BCUT2D eigenvalue weighted by atomic mass is 9.36. The smallest absolute Gasteiger partial charge is 0.160 e. The number of allylic oxidation sites excluding steroid dienone is 4. The Morgan fingerprint density at radius 3 is 2.44 bits per heavy atom. The van der Waals surface area contributed by atoms with Crippen molar-refractivity contribution in [3.8, 4) is 0 Å². The van der Waals surface area contributed by atoms with Gasteiger partial charge in [0.2, 0.25) is 0 Å². The molecule has 4 aliphatic rings. The minimum atomic E-state index is -1.22. The summed E-state index contributed by atoms with van der Waals surface area (Å²) in [6.07, 6.45) is 14.0. The van der Waals surface area contributed by atoms with E-state index >= 15 is 0 Å². The van der Waals surface area contributed by atoms with Crippen LogP contribution in [0.15, 0.2) is 23.3 Å². The van der Waals surface area contributed by atoms with Gasteiger partial charge in [-0.2, -0.15) is 0 Å². The van der Waals surface area contributed by atoms with Crippen molar-refractivity contribution >= 4 is 5.78 Å². The summed E-state index contributed by atoms with van der Waals surface area (Å²) in [6.45, 7) is 15.4. The Kier molecular flexibility index (Phi) is 5.70. The highest BCUT2D eigenvalue weighted by molar-refractivity contribution is 5.84. The fourth-order valence-electron chi connectivity index (χ4n) is 8.66. The number of aliphatic hydroxyl groups excluding tert-OH is 1. The molecule has 0 radical (unpaired) electrons. The number of aliphatic hydroxyl groups is 2. The zero-order valence-electron chi connectivity index (χ0n) is 21.6. The predicted octanol–water partition coefficient (Wildman–Crippen LogP) is 6.38. The topological polar surface area (TPSA) is 57.5 Å². The summed E-state index contributed by atoms with van der Waals surface area (Å²) >= 11 is 0. The molecule has 0 aromatic carbocycles. The minimum Gasteiger partial charge on any atom is -0.393 e. The van der Waals surface area contributed by atoms with Gasteiger partial charge in [0, 0.05) is 0 Å². The van der Waals surface area contributed by atoms with Gasteiger partial charge in [-0.15, -0.1) is 0 Å². The van der Waals surface area contributed by atoms with Gasteiger partial charge >= 0.3 is 0 Å². The van der Waals surface area contributed by atoms with Crippen molar-refractivity contribution in [3.05, 3.63) is 23.3 Å². The monoisotopic (exact) mass is 442 g/mol. The number of Topliss-reactive ketones (excluding diaryl/α,β-unsaturated/α-hetero) is 1. The SMILES string of the molecule is CC(=O)[C@@](C)(O)CCC1=CC2=CCC3[C@@]4(C)CC[C@H](O)C(C)(C)C4CC[C@@]3(C)[C@]2(C)CC1. The summed E-state index contributed by atoms with van der Waals surface area (Å²) in [7, 11) is 0. The van der Waals surface area contributed by atoms with E-state index in [1.165, 1.54) is 30.9 Å². The van der Waals surface area contributed by atoms with Crippen LogP contribution in [0.25, 0.3) is 0 Å². The van der Waals surface area contributed by atoms with Crippen LogP contribution in [-0.2, 0) is 4.79 Å². The van der Waals surface area contributed by atoms with Crippen LogP contribution in [0.4, 0.5) is 0 Å². The van der Waals surface area contributed by atoms with Crippen molar-refractivity contribution in [2.24, 2.45) is 33.5 Å². The molecule has 32 heavy (non-hydrogen) atoms. The van der Waals surface area contributed by atoms with Crippen LogP contribution in [0.3, 0.4) is 0 Å². The molecule has 2 unspecified atom stereocenters. The van der Waals surface area contributed by atoms with Crippen LogP contribution in [-0.4, -0.2) is 27.7 Å². The third-order valence-electron chi connectivity index (χ3n) is 11.5. The fourth-order valence-corrected chi connectivity index (χ4v) is 8.66. The standard InChI is InChI=1S/C29H46O3/c1-19(30)29(7,32)17-11-20-10-15-27(5)21(18-20)8-9-23-26(4)14-13-24(31)25(2,3)22(26)12-16-28(23,27)6/h8,18,22-24,31-32H,9-17H2,1-7H3/t22?,23?,24-,26-,27+,28+,29-/m0/s1. The lowest BCUT2D eigenvalue weighted by Crippen LogP contribution is -2.62. The van der Waals surface area contributed by atoms with Gasteiger partial charge in [-0.05, 0) is 111 Å². The molecule has 0 heterocycles. The van der Waals surface area contributed by atoms with Gasteiger partial charge in [-0.3, -0.25) is 4.79 Å². The normalized spacial score (nSPS) is 44.8. The number of ketones is 1. The molecule has 3 nitrogen and oxygen atoms in total. The highest BCUT2D eigenvalue weighted by Gasteiger charge is 2.65. The molecule has 0 aromatic heterocycles. The average Bonchev–Trinajstić information content (AvgIpc) is 2.70. The maximum absolute atomic E-state index is 11.7. The highest BCUT2D eigenvalue weighted by Crippen LogP contribution is 2.72. The summed E-state index contributed by atoms with van der Waals surface area (Å²) in [5.74, 6) is 1.10. The van der Waals surface area contributed by atoms with Gasteiger partial charge < -0.3 is 10.2 Å². The summed E-state index contributed by atoms with van der Waals surface area (Å²) in [5, 5.41) is 21.2. The number of carbonyl (C=O) groups excluding carboxylic acids is 1. The van der Waals surface area contributed by atoms with Crippen molar-refractivity contribution in [1.82, 2.24) is 0 Å². The van der Waals surface area contributed by atoms with Gasteiger partial charge in [0.05, 0.1) is 6.10 Å². The predicted molar refractivity (Wildman–Crippen MR) is 130 cm³/mol. The van der Waals surface area contributed by atoms with Gasteiger partial charge in [-0.25, -0.2) is 0 Å². The first kappa shape index (κ1) is 24.2. The van der Waals surface area contributed by atoms with Crippen LogP contribution in [0.1, 0.15) is 106 Å². The molecular formula is C29H46O3. The maximum Gasteiger partial charge on any atom is 0.160 e. The molecular weight excluding hydrogens is 396 g/mol. The zero-order valence-corrected chi connectivity index (χ0v) is 21.6. The highest BCUT2D eigenvalue weighted by atomic mass is 16.3. The molecule has 180 valence electrons. The Labute approximate surface area is 195 Å². The first-order valence-electron chi connectivity index (χ1n) is 13.0. The van der Waals surface area contributed by atoms with E-state index < -0.39 is 5.60 Å². The molecule has 7 atom stereocenters. The molecule has 0 aliphatic heterocycles. The molecule has 0 amide bonds. The summed E-state index contributed by atoms with van der Waals surface area (Å²) in [6, 6.07) is 0. The second-order valence-corrected chi connectivity index (χ2v) is 13.3. The van der Waals surface area contributed by atoms with Gasteiger partial charge in [0.1, 0.15) is 5.60 Å². The van der Waals surface area contributed by atoms with Crippen molar-refractivity contribution in [3.63, 3.8) is 0 Å². The third kappa shape index (κ3) is 3.32. The van der Waals surface area contributed by atoms with Crippen LogP contribution < -0.4 is 0 Å². The number of hydrogen-bond acceptors (Lipinski definition) is 3. The van der Waals surface area contributed by atoms with Crippen molar-refractivity contribution in [1.29, 1.82) is 0 Å². The minimum absolute atomic E-state index is 0.00742. The van der Waals surface area contributed by atoms with Crippen molar-refractivity contribution in [2.45, 2.75) is 118 Å². The lowest BCUT2D eigenvalue weighted by Gasteiger charge is -2.69. The Bertz CT molecular complexity index is 848. The quantitative estimate of drug-likeness (QED) is 0.531. The van der Waals surface area contributed by atoms with E-state index in [-0.39, 0.29) is 33.5 Å². The molecule has 0 spiro atoms. The molecule has 0 saturated heterocycles. The number of hydrogen-bond donors (Lipinski definition) is 2. The van der Waals surface area contributed by atoms with Gasteiger partial charge in [-0.1, -0.05) is 52.3 Å².